The average Bonchev–Trinajstić information content (AvgIpc) is 2.70. The number of hydrogen-bond donors (Lipinski definition) is 0. The summed E-state index contributed by atoms with van der Waals surface area (Å²) in [4.78, 5) is 22.5. The van der Waals surface area contributed by atoms with Crippen molar-refractivity contribution in [2.24, 2.45) is 0 Å². The van der Waals surface area contributed by atoms with Crippen LogP contribution in [0.1, 0.15) is 11.3 Å². The van der Waals surface area contributed by atoms with Gasteiger partial charge in [0.05, 0.1) is 43.2 Å². The number of nitro benzene ring substituents is 1. The lowest BCUT2D eigenvalue weighted by Crippen LogP contribution is -2.03. The van der Waals surface area contributed by atoms with Crippen LogP contribution in [0, 0.1) is 21.7 Å². The highest BCUT2D eigenvalue weighted by molar-refractivity contribution is 9.10. The largest absolute Gasteiger partial charge is 0.490 e. The molecular weight excluding hydrogens is 454 g/mol. The van der Waals surface area contributed by atoms with Gasteiger partial charge in [-0.1, -0.05) is 0 Å². The summed E-state index contributed by atoms with van der Waals surface area (Å²) in [6.45, 7) is -0.222. The molecule has 29 heavy (non-hydrogen) atoms. The third kappa shape index (κ3) is 4.87. The Labute approximate surface area is 171 Å². The molecule has 0 fully saturated rings. The van der Waals surface area contributed by atoms with E-state index in [1.165, 1.54) is 31.4 Å². The summed E-state index contributed by atoms with van der Waals surface area (Å²) in [5.41, 5.74) is 0.357. The third-order valence-electron chi connectivity index (χ3n) is 3.78. The van der Waals surface area contributed by atoms with Crippen molar-refractivity contribution >= 4 is 21.6 Å². The Morgan fingerprint density at radius 3 is 2.55 bits per heavy atom. The third-order valence-corrected chi connectivity index (χ3v) is 4.22. The van der Waals surface area contributed by atoms with Crippen molar-refractivity contribution in [3.8, 4) is 17.1 Å². The average molecular weight is 467 g/mol. The van der Waals surface area contributed by atoms with Crippen molar-refractivity contribution in [3.63, 3.8) is 0 Å². The standard InChI is InChI=1S/C18H13BrF2N4O4/c1-28-17-12(18-22-6-11(20)7-23-18)4-10(5-15(17)25(26)27)8-29-9-14-13(21)2-3-16(19)24-14/h2-7H,8-9H2,1H3. The summed E-state index contributed by atoms with van der Waals surface area (Å²) in [6, 6.07) is 5.51. The molecule has 0 spiro atoms. The van der Waals surface area contributed by atoms with E-state index in [0.717, 1.165) is 12.4 Å². The maximum atomic E-state index is 13.8. The van der Waals surface area contributed by atoms with Gasteiger partial charge in [0, 0.05) is 6.07 Å². The molecule has 0 amide bonds. The summed E-state index contributed by atoms with van der Waals surface area (Å²) < 4.78 is 38.0. The molecule has 2 heterocycles. The van der Waals surface area contributed by atoms with Gasteiger partial charge in [0.1, 0.15) is 16.1 Å². The van der Waals surface area contributed by atoms with Crippen molar-refractivity contribution in [3.05, 3.63) is 74.3 Å². The van der Waals surface area contributed by atoms with Crippen molar-refractivity contribution in [1.82, 2.24) is 15.0 Å². The minimum absolute atomic E-state index is 0.0490. The van der Waals surface area contributed by atoms with E-state index < -0.39 is 16.6 Å². The van der Waals surface area contributed by atoms with E-state index in [1.54, 1.807) is 0 Å². The molecule has 8 nitrogen and oxygen atoms in total. The number of rotatable bonds is 7. The van der Waals surface area contributed by atoms with Crippen molar-refractivity contribution < 1.29 is 23.2 Å². The Hall–Kier alpha value is -3.05. The fourth-order valence-electron chi connectivity index (χ4n) is 2.55. The van der Waals surface area contributed by atoms with Crippen molar-refractivity contribution in [1.29, 1.82) is 0 Å². The maximum absolute atomic E-state index is 13.8. The second-order valence-electron chi connectivity index (χ2n) is 5.73. The minimum atomic E-state index is -0.648. The first-order valence-electron chi connectivity index (χ1n) is 8.11. The predicted molar refractivity (Wildman–Crippen MR) is 101 cm³/mol. The highest BCUT2D eigenvalue weighted by Crippen LogP contribution is 2.37. The van der Waals surface area contributed by atoms with Gasteiger partial charge in [0.25, 0.3) is 0 Å². The monoisotopic (exact) mass is 466 g/mol. The van der Waals surface area contributed by atoms with Crippen LogP contribution in [0.3, 0.4) is 0 Å². The fraction of sp³-hybridized carbons (Fsp3) is 0.167. The van der Waals surface area contributed by atoms with Gasteiger partial charge in [0.2, 0.25) is 5.75 Å². The zero-order chi connectivity index (χ0) is 21.0. The molecule has 0 aliphatic rings. The molecular formula is C18H13BrF2N4O4. The molecule has 0 saturated carbocycles. The summed E-state index contributed by atoms with van der Waals surface area (Å²) >= 11 is 3.15. The predicted octanol–water partition coefficient (Wildman–Crippen LogP) is 4.21. The van der Waals surface area contributed by atoms with E-state index in [1.807, 2.05) is 0 Å². The van der Waals surface area contributed by atoms with Crippen molar-refractivity contribution in [2.75, 3.05) is 7.11 Å². The molecule has 2 aromatic heterocycles. The Bertz CT molecular complexity index is 1050. The Morgan fingerprint density at radius 2 is 1.90 bits per heavy atom. The molecule has 0 N–H and O–H groups in total. The first kappa shape index (κ1) is 20.7. The van der Waals surface area contributed by atoms with Gasteiger partial charge in [-0.3, -0.25) is 10.1 Å². The Morgan fingerprint density at radius 1 is 1.17 bits per heavy atom. The SMILES string of the molecule is COc1c(-c2ncc(F)cn2)cc(COCc2nc(Br)ccc2F)cc1[N+](=O)[O-]. The molecule has 0 unspecified atom stereocenters. The van der Waals surface area contributed by atoms with Gasteiger partial charge < -0.3 is 9.47 Å². The smallest absolute Gasteiger partial charge is 0.312 e. The molecule has 11 heteroatoms. The van der Waals surface area contributed by atoms with E-state index in [-0.39, 0.29) is 41.7 Å². The quantitative estimate of drug-likeness (QED) is 0.292. The molecule has 150 valence electrons. The molecule has 0 bridgehead atoms. The van der Waals surface area contributed by atoms with Crippen molar-refractivity contribution in [2.45, 2.75) is 13.2 Å². The lowest BCUT2D eigenvalue weighted by molar-refractivity contribution is -0.385. The first-order valence-corrected chi connectivity index (χ1v) is 8.90. The van der Waals surface area contributed by atoms with Gasteiger partial charge >= 0.3 is 5.69 Å². The van der Waals surface area contributed by atoms with Crippen LogP contribution < -0.4 is 4.74 Å². The van der Waals surface area contributed by atoms with E-state index in [9.17, 15) is 18.9 Å². The highest BCUT2D eigenvalue weighted by atomic mass is 79.9. The number of pyridine rings is 1. The van der Waals surface area contributed by atoms with Gasteiger partial charge in [-0.05, 0) is 39.7 Å². The van der Waals surface area contributed by atoms with Gasteiger partial charge in [-0.2, -0.15) is 0 Å². The van der Waals surface area contributed by atoms with E-state index in [0.29, 0.717) is 10.2 Å². The van der Waals surface area contributed by atoms with E-state index in [2.05, 4.69) is 30.9 Å². The van der Waals surface area contributed by atoms with Crippen LogP contribution in [-0.4, -0.2) is 27.0 Å². The number of halogens is 3. The number of nitro groups is 1. The second-order valence-corrected chi connectivity index (χ2v) is 6.55. The first-order chi connectivity index (χ1) is 13.9. The molecule has 0 radical (unpaired) electrons. The lowest BCUT2D eigenvalue weighted by atomic mass is 10.1. The Balaban J connectivity index is 1.91. The number of ether oxygens (including phenoxy) is 2. The fourth-order valence-corrected chi connectivity index (χ4v) is 2.89. The van der Waals surface area contributed by atoms with Gasteiger partial charge in [-0.25, -0.2) is 23.7 Å². The summed E-state index contributed by atoms with van der Waals surface area (Å²) in [5, 5.41) is 11.5. The number of aromatic nitrogens is 3. The molecule has 0 saturated heterocycles. The molecule has 3 rings (SSSR count). The maximum Gasteiger partial charge on any atom is 0.312 e. The minimum Gasteiger partial charge on any atom is -0.490 e. The number of benzene rings is 1. The Kier molecular flexibility index (Phi) is 6.39. The summed E-state index contributed by atoms with van der Waals surface area (Å²) in [6.07, 6.45) is 1.89. The van der Waals surface area contributed by atoms with Gasteiger partial charge in [0.15, 0.2) is 11.6 Å². The van der Waals surface area contributed by atoms with Gasteiger partial charge in [-0.15, -0.1) is 0 Å². The topological polar surface area (TPSA) is 100 Å². The van der Waals surface area contributed by atoms with E-state index >= 15 is 0 Å². The number of hydrogen-bond acceptors (Lipinski definition) is 7. The summed E-state index contributed by atoms with van der Waals surface area (Å²) in [5.74, 6) is -1.20. The molecule has 3 aromatic rings. The number of methoxy groups -OCH3 is 1. The lowest BCUT2D eigenvalue weighted by Gasteiger charge is -2.11. The van der Waals surface area contributed by atoms with Crippen LogP contribution in [0.2, 0.25) is 0 Å². The van der Waals surface area contributed by atoms with E-state index in [4.69, 9.17) is 9.47 Å². The highest BCUT2D eigenvalue weighted by Gasteiger charge is 2.23. The zero-order valence-corrected chi connectivity index (χ0v) is 16.5. The number of nitrogens with zero attached hydrogens (tertiary/aromatic N) is 4. The van der Waals surface area contributed by atoms with Crippen LogP contribution in [0.5, 0.6) is 5.75 Å². The molecule has 0 aliphatic carbocycles. The van der Waals surface area contributed by atoms with Crippen LogP contribution in [0.15, 0.2) is 41.3 Å². The summed E-state index contributed by atoms with van der Waals surface area (Å²) in [7, 11) is 1.27. The molecule has 0 atom stereocenters. The van der Waals surface area contributed by atoms with Crippen LogP contribution in [0.25, 0.3) is 11.4 Å². The normalized spacial score (nSPS) is 10.8. The molecule has 1 aromatic carbocycles. The van der Waals surface area contributed by atoms with Crippen LogP contribution >= 0.6 is 15.9 Å². The second kappa shape index (κ2) is 8.97. The molecule has 0 aliphatic heterocycles. The van der Waals surface area contributed by atoms with Crippen LogP contribution in [-0.2, 0) is 18.0 Å². The zero-order valence-electron chi connectivity index (χ0n) is 14.9. The van der Waals surface area contributed by atoms with Crippen LogP contribution in [0.4, 0.5) is 14.5 Å².